The molecule has 0 bridgehead atoms. The molecule has 2 N–H and O–H groups in total. The first kappa shape index (κ1) is 14.1. The molecule has 17 heavy (non-hydrogen) atoms. The van der Waals surface area contributed by atoms with Crippen LogP contribution in [0.2, 0.25) is 0 Å². The number of hydrogen-bond donors (Lipinski definition) is 2. The van der Waals surface area contributed by atoms with Crippen molar-refractivity contribution in [3.8, 4) is 0 Å². The molecule has 0 saturated carbocycles. The van der Waals surface area contributed by atoms with E-state index in [9.17, 15) is 9.50 Å². The first-order valence-electron chi connectivity index (χ1n) is 6.11. The Hall–Kier alpha value is -0.930. The minimum atomic E-state index is -0.185. The molecular formula is C14H22FNO. The van der Waals surface area contributed by atoms with Crippen molar-refractivity contribution in [2.24, 2.45) is 5.41 Å². The lowest BCUT2D eigenvalue weighted by atomic mass is 9.88. The maximum Gasteiger partial charge on any atom is 0.127 e. The lowest BCUT2D eigenvalue weighted by Crippen LogP contribution is -2.35. The summed E-state index contributed by atoms with van der Waals surface area (Å²) in [5.74, 6) is -0.185. The van der Waals surface area contributed by atoms with Crippen molar-refractivity contribution in [2.45, 2.75) is 33.2 Å². The van der Waals surface area contributed by atoms with Gasteiger partial charge in [0.1, 0.15) is 5.82 Å². The molecule has 1 aromatic carbocycles. The van der Waals surface area contributed by atoms with Gasteiger partial charge in [0.25, 0.3) is 0 Å². The van der Waals surface area contributed by atoms with Gasteiger partial charge in [0.05, 0.1) is 0 Å². The summed E-state index contributed by atoms with van der Waals surface area (Å²) in [4.78, 5) is 0. The summed E-state index contributed by atoms with van der Waals surface area (Å²) in [5.41, 5.74) is 0.531. The van der Waals surface area contributed by atoms with Crippen LogP contribution in [-0.4, -0.2) is 18.3 Å². The number of aliphatic hydroxyl groups is 1. The van der Waals surface area contributed by atoms with E-state index in [0.717, 1.165) is 6.42 Å². The zero-order chi connectivity index (χ0) is 12.9. The van der Waals surface area contributed by atoms with Gasteiger partial charge in [-0.2, -0.15) is 0 Å². The van der Waals surface area contributed by atoms with Gasteiger partial charge in [-0.05, 0) is 19.4 Å². The van der Waals surface area contributed by atoms with E-state index >= 15 is 0 Å². The Morgan fingerprint density at radius 3 is 2.59 bits per heavy atom. The van der Waals surface area contributed by atoms with Gasteiger partial charge in [0, 0.05) is 30.2 Å². The highest BCUT2D eigenvalue weighted by Gasteiger charge is 2.22. The number of benzene rings is 1. The van der Waals surface area contributed by atoms with Gasteiger partial charge in [-0.15, -0.1) is 0 Å². The van der Waals surface area contributed by atoms with E-state index in [1.165, 1.54) is 6.07 Å². The molecule has 2 unspecified atom stereocenters. The van der Waals surface area contributed by atoms with Gasteiger partial charge in [-0.3, -0.25) is 0 Å². The van der Waals surface area contributed by atoms with E-state index < -0.39 is 0 Å². The number of halogens is 1. The molecule has 1 aromatic rings. The van der Waals surface area contributed by atoms with Crippen molar-refractivity contribution >= 4 is 0 Å². The highest BCUT2D eigenvalue weighted by molar-refractivity contribution is 5.20. The minimum Gasteiger partial charge on any atom is -0.396 e. The average molecular weight is 239 g/mol. The molecule has 3 heteroatoms. The average Bonchev–Trinajstić information content (AvgIpc) is 2.36. The van der Waals surface area contributed by atoms with Crippen LogP contribution in [0.3, 0.4) is 0 Å². The van der Waals surface area contributed by atoms with Gasteiger partial charge in [-0.25, -0.2) is 4.39 Å². The SMILES string of the molecule is CCC(C)(CO)CNC(C)c1ccccc1F. The molecule has 0 spiro atoms. The van der Waals surface area contributed by atoms with Gasteiger partial charge < -0.3 is 10.4 Å². The third-order valence-corrected chi connectivity index (χ3v) is 3.44. The molecule has 0 aromatic heterocycles. The van der Waals surface area contributed by atoms with E-state index in [1.54, 1.807) is 12.1 Å². The second-order valence-electron chi connectivity index (χ2n) is 4.95. The standard InChI is InChI=1S/C14H22FNO/c1-4-14(3,10-17)9-16-11(2)12-7-5-6-8-13(12)15/h5-8,11,16-17H,4,9-10H2,1-3H3. The van der Waals surface area contributed by atoms with Gasteiger partial charge >= 0.3 is 0 Å². The second kappa shape index (κ2) is 6.12. The number of aliphatic hydroxyl groups excluding tert-OH is 1. The van der Waals surface area contributed by atoms with E-state index in [1.807, 2.05) is 26.8 Å². The Kier molecular flexibility index (Phi) is 5.09. The lowest BCUT2D eigenvalue weighted by Gasteiger charge is -2.28. The van der Waals surface area contributed by atoms with Crippen molar-refractivity contribution in [3.05, 3.63) is 35.6 Å². The summed E-state index contributed by atoms with van der Waals surface area (Å²) < 4.78 is 13.5. The second-order valence-corrected chi connectivity index (χ2v) is 4.95. The Labute approximate surface area is 103 Å². The van der Waals surface area contributed by atoms with Crippen molar-refractivity contribution in [1.29, 1.82) is 0 Å². The fourth-order valence-electron chi connectivity index (χ4n) is 1.63. The molecule has 0 fully saturated rings. The summed E-state index contributed by atoms with van der Waals surface area (Å²) in [6, 6.07) is 6.74. The van der Waals surface area contributed by atoms with Crippen LogP contribution in [0, 0.1) is 11.2 Å². The van der Waals surface area contributed by atoms with Crippen LogP contribution >= 0.6 is 0 Å². The fraction of sp³-hybridized carbons (Fsp3) is 0.571. The molecule has 0 heterocycles. The summed E-state index contributed by atoms with van der Waals surface area (Å²) in [6.07, 6.45) is 0.889. The summed E-state index contributed by atoms with van der Waals surface area (Å²) in [6.45, 7) is 6.82. The quantitative estimate of drug-likeness (QED) is 0.800. The van der Waals surface area contributed by atoms with Crippen molar-refractivity contribution in [3.63, 3.8) is 0 Å². The van der Waals surface area contributed by atoms with Crippen LogP contribution < -0.4 is 5.32 Å². The predicted molar refractivity (Wildman–Crippen MR) is 68.3 cm³/mol. The fourth-order valence-corrected chi connectivity index (χ4v) is 1.63. The summed E-state index contributed by atoms with van der Waals surface area (Å²) in [7, 11) is 0. The molecule has 0 aliphatic heterocycles. The maximum atomic E-state index is 13.5. The van der Waals surface area contributed by atoms with Gasteiger partial charge in [0.2, 0.25) is 0 Å². The number of rotatable bonds is 6. The predicted octanol–water partition coefficient (Wildman–Crippen LogP) is 2.88. The van der Waals surface area contributed by atoms with Crippen LogP contribution in [0.5, 0.6) is 0 Å². The van der Waals surface area contributed by atoms with Crippen LogP contribution in [0.1, 0.15) is 38.8 Å². The smallest absolute Gasteiger partial charge is 0.127 e. The Morgan fingerprint density at radius 2 is 2.06 bits per heavy atom. The van der Waals surface area contributed by atoms with Crippen LogP contribution in [0.25, 0.3) is 0 Å². The molecule has 1 rings (SSSR count). The monoisotopic (exact) mass is 239 g/mol. The number of hydrogen-bond acceptors (Lipinski definition) is 2. The zero-order valence-electron chi connectivity index (χ0n) is 10.8. The van der Waals surface area contributed by atoms with E-state index in [0.29, 0.717) is 12.1 Å². The molecule has 0 amide bonds. The largest absolute Gasteiger partial charge is 0.396 e. The molecule has 0 radical (unpaired) electrons. The first-order valence-corrected chi connectivity index (χ1v) is 6.11. The summed E-state index contributed by atoms with van der Waals surface area (Å²) in [5, 5.41) is 12.6. The molecule has 96 valence electrons. The topological polar surface area (TPSA) is 32.3 Å². The van der Waals surface area contributed by atoms with Crippen LogP contribution in [0.15, 0.2) is 24.3 Å². The minimum absolute atomic E-state index is 0.0476. The van der Waals surface area contributed by atoms with Gasteiger partial charge in [0.15, 0.2) is 0 Å². The van der Waals surface area contributed by atoms with Crippen LogP contribution in [-0.2, 0) is 0 Å². The summed E-state index contributed by atoms with van der Waals surface area (Å²) >= 11 is 0. The van der Waals surface area contributed by atoms with Crippen molar-refractivity contribution in [2.75, 3.05) is 13.2 Å². The van der Waals surface area contributed by atoms with E-state index in [-0.39, 0.29) is 23.9 Å². The Balaban J connectivity index is 2.62. The number of nitrogens with one attached hydrogen (secondary N) is 1. The first-order chi connectivity index (χ1) is 8.02. The normalized spacial score (nSPS) is 16.5. The highest BCUT2D eigenvalue weighted by atomic mass is 19.1. The third kappa shape index (κ3) is 3.79. The van der Waals surface area contributed by atoms with E-state index in [2.05, 4.69) is 5.32 Å². The maximum absolute atomic E-state index is 13.5. The van der Waals surface area contributed by atoms with Crippen molar-refractivity contribution in [1.82, 2.24) is 5.32 Å². The molecule has 2 nitrogen and oxygen atoms in total. The molecular weight excluding hydrogens is 217 g/mol. The molecule has 0 aliphatic rings. The molecule has 2 atom stereocenters. The third-order valence-electron chi connectivity index (χ3n) is 3.44. The zero-order valence-corrected chi connectivity index (χ0v) is 10.8. The Morgan fingerprint density at radius 1 is 1.41 bits per heavy atom. The van der Waals surface area contributed by atoms with Gasteiger partial charge in [-0.1, -0.05) is 32.0 Å². The molecule has 0 aliphatic carbocycles. The van der Waals surface area contributed by atoms with E-state index in [4.69, 9.17) is 0 Å². The highest BCUT2D eigenvalue weighted by Crippen LogP contribution is 2.22. The Bertz CT molecular complexity index is 350. The van der Waals surface area contributed by atoms with Crippen molar-refractivity contribution < 1.29 is 9.50 Å². The lowest BCUT2D eigenvalue weighted by molar-refractivity contribution is 0.132. The molecule has 0 saturated heterocycles. The van der Waals surface area contributed by atoms with Crippen LogP contribution in [0.4, 0.5) is 4.39 Å².